The van der Waals surface area contributed by atoms with E-state index in [1.54, 1.807) is 32.9 Å². The molecule has 0 bridgehead atoms. The predicted octanol–water partition coefficient (Wildman–Crippen LogP) is 3.53. The third kappa shape index (κ3) is 5.80. The van der Waals surface area contributed by atoms with Crippen molar-refractivity contribution in [1.82, 2.24) is 9.71 Å². The fraction of sp³-hybridized carbons (Fsp3) is 0.421. The van der Waals surface area contributed by atoms with Gasteiger partial charge in [0.1, 0.15) is 11.6 Å². The molecular formula is C19H21BrF4N2O4S. The largest absolute Gasteiger partial charge is 0.573 e. The van der Waals surface area contributed by atoms with Crippen molar-refractivity contribution in [3.05, 3.63) is 58.1 Å². The van der Waals surface area contributed by atoms with Crippen LogP contribution in [0.2, 0.25) is 0 Å². The van der Waals surface area contributed by atoms with Gasteiger partial charge in [-0.05, 0) is 66.5 Å². The van der Waals surface area contributed by atoms with Gasteiger partial charge in [-0.2, -0.15) is 0 Å². The lowest BCUT2D eigenvalue weighted by molar-refractivity contribution is -0.275. The molecule has 0 fully saturated rings. The van der Waals surface area contributed by atoms with E-state index in [1.165, 1.54) is 6.20 Å². The first-order valence-corrected chi connectivity index (χ1v) is 10.8. The van der Waals surface area contributed by atoms with Crippen LogP contribution in [0, 0.1) is 5.82 Å². The summed E-state index contributed by atoms with van der Waals surface area (Å²) in [6.45, 7) is 4.06. The van der Waals surface area contributed by atoms with Crippen LogP contribution < -0.4 is 9.46 Å². The summed E-state index contributed by atoms with van der Waals surface area (Å²) < 4.78 is 71.0. The molecule has 0 saturated carbocycles. The van der Waals surface area contributed by atoms with Gasteiger partial charge in [0.05, 0.1) is 28.0 Å². The molecule has 2 unspecified atom stereocenters. The van der Waals surface area contributed by atoms with Crippen LogP contribution in [0.4, 0.5) is 17.6 Å². The minimum absolute atomic E-state index is 0.0399. The summed E-state index contributed by atoms with van der Waals surface area (Å²) >= 11 is 3.28. The highest BCUT2D eigenvalue weighted by Gasteiger charge is 2.47. The smallest absolute Gasteiger partial charge is 0.403 e. The lowest BCUT2D eigenvalue weighted by Crippen LogP contribution is -2.57. The second-order valence-corrected chi connectivity index (χ2v) is 10.3. The van der Waals surface area contributed by atoms with Gasteiger partial charge in [0.2, 0.25) is 0 Å². The van der Waals surface area contributed by atoms with Gasteiger partial charge in [0.15, 0.2) is 11.6 Å². The molecule has 12 heteroatoms. The van der Waals surface area contributed by atoms with Crippen LogP contribution in [0.5, 0.6) is 5.75 Å². The molecule has 0 amide bonds. The maximum atomic E-state index is 14.6. The molecule has 0 saturated heterocycles. The highest BCUT2D eigenvalue weighted by molar-refractivity contribution is 9.10. The SMILES string of the molecule is CC(C)(C)S(=O)N[C@](c1ccc(OC(F)(F)F)c(F)c1)(c1ncccc1Br)C(O)CO. The molecular weight excluding hydrogens is 508 g/mol. The Kier molecular flexibility index (Phi) is 7.85. The molecule has 0 aliphatic rings. The number of aliphatic hydroxyl groups excluding tert-OH is 2. The van der Waals surface area contributed by atoms with Gasteiger partial charge in [-0.25, -0.2) is 13.3 Å². The van der Waals surface area contributed by atoms with E-state index in [1.807, 2.05) is 0 Å². The summed E-state index contributed by atoms with van der Waals surface area (Å²) in [6, 6.07) is 5.62. The molecule has 172 valence electrons. The molecule has 0 aliphatic heterocycles. The summed E-state index contributed by atoms with van der Waals surface area (Å²) in [5, 5.41) is 20.6. The topological polar surface area (TPSA) is 91.7 Å². The maximum Gasteiger partial charge on any atom is 0.573 e. The molecule has 3 N–H and O–H groups in total. The fourth-order valence-corrected chi connectivity index (χ4v) is 4.24. The number of alkyl halides is 3. The highest BCUT2D eigenvalue weighted by atomic mass is 79.9. The number of hydrogen-bond donors (Lipinski definition) is 3. The average Bonchev–Trinajstić information content (AvgIpc) is 2.66. The molecule has 0 radical (unpaired) electrons. The van der Waals surface area contributed by atoms with Gasteiger partial charge in [0, 0.05) is 10.7 Å². The molecule has 31 heavy (non-hydrogen) atoms. The van der Waals surface area contributed by atoms with Crippen LogP contribution >= 0.6 is 15.9 Å². The van der Waals surface area contributed by atoms with Crippen molar-refractivity contribution >= 4 is 26.9 Å². The van der Waals surface area contributed by atoms with Gasteiger partial charge in [-0.1, -0.05) is 6.07 Å². The number of pyridine rings is 1. The van der Waals surface area contributed by atoms with E-state index in [4.69, 9.17) is 0 Å². The minimum atomic E-state index is -5.11. The molecule has 1 aromatic carbocycles. The van der Waals surface area contributed by atoms with Gasteiger partial charge in [0.25, 0.3) is 0 Å². The van der Waals surface area contributed by atoms with E-state index in [0.717, 1.165) is 12.1 Å². The van der Waals surface area contributed by atoms with Crippen LogP contribution in [0.25, 0.3) is 0 Å². The number of rotatable bonds is 7. The first-order valence-electron chi connectivity index (χ1n) is 8.87. The van der Waals surface area contributed by atoms with Crippen LogP contribution in [0.15, 0.2) is 41.0 Å². The van der Waals surface area contributed by atoms with E-state index in [2.05, 4.69) is 30.4 Å². The van der Waals surface area contributed by atoms with Crippen molar-refractivity contribution in [3.63, 3.8) is 0 Å². The molecule has 3 atom stereocenters. The number of benzene rings is 1. The lowest BCUT2D eigenvalue weighted by Gasteiger charge is -2.40. The standard InChI is InChI=1S/C19H21BrF4N2O4S/c1-17(2,3)31(29)26-18(15(28)10-27,16-12(20)5-4-8-25-16)11-6-7-14(13(21)9-11)30-19(22,23)24/h4-9,15,26-28H,10H2,1-3H3/t15?,18-,31?/m0/s1. The Morgan fingerprint density at radius 2 is 1.90 bits per heavy atom. The average molecular weight is 529 g/mol. The number of nitrogens with one attached hydrogen (secondary N) is 1. The maximum absolute atomic E-state index is 14.6. The zero-order valence-corrected chi connectivity index (χ0v) is 19.1. The lowest BCUT2D eigenvalue weighted by atomic mass is 9.82. The Morgan fingerprint density at radius 1 is 1.26 bits per heavy atom. The monoisotopic (exact) mass is 528 g/mol. The second kappa shape index (κ2) is 9.49. The number of halogens is 5. The van der Waals surface area contributed by atoms with Crippen molar-refractivity contribution in [2.45, 2.75) is 43.5 Å². The Balaban J connectivity index is 2.78. The highest BCUT2D eigenvalue weighted by Crippen LogP contribution is 2.39. The number of nitrogens with zero attached hydrogens (tertiary/aromatic N) is 1. The molecule has 0 spiro atoms. The summed E-state index contributed by atoms with van der Waals surface area (Å²) in [6.07, 6.45) is -5.46. The van der Waals surface area contributed by atoms with Crippen LogP contribution in [0.3, 0.4) is 0 Å². The summed E-state index contributed by atoms with van der Waals surface area (Å²) in [7, 11) is -1.88. The van der Waals surface area contributed by atoms with Crippen LogP contribution in [0.1, 0.15) is 32.0 Å². The van der Waals surface area contributed by atoms with E-state index < -0.39 is 51.9 Å². The van der Waals surface area contributed by atoms with Gasteiger partial charge in [-0.3, -0.25) is 4.98 Å². The Bertz CT molecular complexity index is 955. The van der Waals surface area contributed by atoms with Gasteiger partial charge in [-0.15, -0.1) is 13.2 Å². The Hall–Kier alpha value is -1.60. The van der Waals surface area contributed by atoms with Gasteiger partial charge < -0.3 is 14.9 Å². The molecule has 2 rings (SSSR count). The summed E-state index contributed by atoms with van der Waals surface area (Å²) in [5.41, 5.74) is -2.04. The first-order chi connectivity index (χ1) is 14.2. The second-order valence-electron chi connectivity index (χ2n) is 7.52. The summed E-state index contributed by atoms with van der Waals surface area (Å²) in [4.78, 5) is 4.19. The first kappa shape index (κ1) is 25.7. The van der Waals surface area contributed by atoms with Crippen LogP contribution in [-0.4, -0.2) is 43.2 Å². The van der Waals surface area contributed by atoms with E-state index in [0.29, 0.717) is 10.5 Å². The zero-order chi connectivity index (χ0) is 23.6. The number of aromatic nitrogens is 1. The third-order valence-electron chi connectivity index (χ3n) is 4.23. The Morgan fingerprint density at radius 3 is 2.39 bits per heavy atom. The molecule has 1 aromatic heterocycles. The molecule has 2 aromatic rings. The van der Waals surface area contributed by atoms with Crippen molar-refractivity contribution < 1.29 is 36.7 Å². The zero-order valence-electron chi connectivity index (χ0n) is 16.7. The van der Waals surface area contributed by atoms with Crippen molar-refractivity contribution in [2.75, 3.05) is 6.61 Å². The molecule has 6 nitrogen and oxygen atoms in total. The minimum Gasteiger partial charge on any atom is -0.403 e. The van der Waals surface area contributed by atoms with Crippen molar-refractivity contribution in [3.8, 4) is 5.75 Å². The van der Waals surface area contributed by atoms with E-state index >= 15 is 0 Å². The fourth-order valence-electron chi connectivity index (χ4n) is 2.73. The third-order valence-corrected chi connectivity index (χ3v) is 6.49. The van der Waals surface area contributed by atoms with E-state index in [9.17, 15) is 32.0 Å². The van der Waals surface area contributed by atoms with Crippen molar-refractivity contribution in [2.24, 2.45) is 0 Å². The van der Waals surface area contributed by atoms with Gasteiger partial charge >= 0.3 is 6.36 Å². The number of ether oxygens (including phenoxy) is 1. The number of aliphatic hydroxyl groups is 2. The van der Waals surface area contributed by atoms with Crippen LogP contribution in [-0.2, 0) is 16.5 Å². The Labute approximate surface area is 187 Å². The molecule has 1 heterocycles. The quantitative estimate of drug-likeness (QED) is 0.478. The van der Waals surface area contributed by atoms with E-state index in [-0.39, 0.29) is 11.3 Å². The predicted molar refractivity (Wildman–Crippen MR) is 110 cm³/mol. The summed E-state index contributed by atoms with van der Waals surface area (Å²) in [5.74, 6) is -2.46. The number of hydrogen-bond acceptors (Lipinski definition) is 5. The molecule has 0 aliphatic carbocycles. The normalized spacial score (nSPS) is 16.5. The van der Waals surface area contributed by atoms with Crippen molar-refractivity contribution in [1.29, 1.82) is 0 Å².